The highest BCUT2D eigenvalue weighted by atomic mass is 32.1. The molecule has 0 aromatic carbocycles. The van der Waals surface area contributed by atoms with E-state index in [1.807, 2.05) is 0 Å². The fourth-order valence-electron chi connectivity index (χ4n) is 2.66. The zero-order valence-corrected chi connectivity index (χ0v) is 11.6. The Kier molecular flexibility index (Phi) is 4.90. The number of nitrogens with two attached hydrogens (primary N) is 1. The highest BCUT2D eigenvalue weighted by Gasteiger charge is 2.27. The molecule has 2 amide bonds. The average Bonchev–Trinajstić information content (AvgIpc) is 2.92. The lowest BCUT2D eigenvalue weighted by atomic mass is 9.82. The fraction of sp³-hybridized carbons (Fsp3) is 0.615. The number of aromatic nitrogens is 1. The lowest BCUT2D eigenvalue weighted by Gasteiger charge is -2.30. The summed E-state index contributed by atoms with van der Waals surface area (Å²) in [5.74, 6) is -0.226. The predicted octanol–water partition coefficient (Wildman–Crippen LogP) is 1.70. The van der Waals surface area contributed by atoms with E-state index in [1.54, 1.807) is 10.9 Å². The number of primary amides is 1. The van der Waals surface area contributed by atoms with Crippen LogP contribution in [0.1, 0.15) is 49.0 Å². The molecule has 1 aromatic heterocycles. The SMILES string of the molecule is NC(=O)CC(NC(=O)c1cscn1)C1CCCCC1. The van der Waals surface area contributed by atoms with Crippen molar-refractivity contribution in [2.75, 3.05) is 0 Å². The lowest BCUT2D eigenvalue weighted by molar-refractivity contribution is -0.118. The maximum absolute atomic E-state index is 12.0. The quantitative estimate of drug-likeness (QED) is 0.861. The number of hydrogen-bond acceptors (Lipinski definition) is 4. The molecule has 1 aliphatic carbocycles. The van der Waals surface area contributed by atoms with Crippen LogP contribution in [0.4, 0.5) is 0 Å². The van der Waals surface area contributed by atoms with Crippen molar-refractivity contribution in [3.63, 3.8) is 0 Å². The molecule has 3 N–H and O–H groups in total. The molecule has 1 saturated carbocycles. The van der Waals surface area contributed by atoms with E-state index in [0.717, 1.165) is 25.7 Å². The van der Waals surface area contributed by atoms with E-state index in [4.69, 9.17) is 5.73 Å². The first kappa shape index (κ1) is 14.0. The summed E-state index contributed by atoms with van der Waals surface area (Å²) in [6.45, 7) is 0. The molecule has 0 aliphatic heterocycles. The van der Waals surface area contributed by atoms with Gasteiger partial charge in [-0.15, -0.1) is 11.3 Å². The van der Waals surface area contributed by atoms with Crippen LogP contribution in [-0.2, 0) is 4.79 Å². The molecule has 6 heteroatoms. The Bertz CT molecular complexity index is 427. The molecule has 5 nitrogen and oxygen atoms in total. The molecule has 1 aliphatic rings. The Labute approximate surface area is 116 Å². The minimum Gasteiger partial charge on any atom is -0.370 e. The van der Waals surface area contributed by atoms with Gasteiger partial charge in [0.15, 0.2) is 0 Å². The van der Waals surface area contributed by atoms with Crippen molar-refractivity contribution in [3.05, 3.63) is 16.6 Å². The van der Waals surface area contributed by atoms with Crippen LogP contribution < -0.4 is 11.1 Å². The topological polar surface area (TPSA) is 85.1 Å². The zero-order valence-electron chi connectivity index (χ0n) is 10.8. The molecule has 1 heterocycles. The van der Waals surface area contributed by atoms with Gasteiger partial charge in [-0.25, -0.2) is 4.98 Å². The summed E-state index contributed by atoms with van der Waals surface area (Å²) < 4.78 is 0. The van der Waals surface area contributed by atoms with Crippen molar-refractivity contribution in [2.24, 2.45) is 11.7 Å². The summed E-state index contributed by atoms with van der Waals surface area (Å²) in [6, 6.07) is -0.160. The summed E-state index contributed by atoms with van der Waals surface area (Å²) in [6.07, 6.45) is 5.87. The summed E-state index contributed by atoms with van der Waals surface area (Å²) in [5.41, 5.74) is 7.33. The molecular weight excluding hydrogens is 262 g/mol. The minimum absolute atomic E-state index is 0.160. The third-order valence-corrected chi connectivity index (χ3v) is 4.21. The summed E-state index contributed by atoms with van der Waals surface area (Å²) >= 11 is 1.38. The Hall–Kier alpha value is -1.43. The number of thiazole rings is 1. The Morgan fingerprint density at radius 1 is 1.42 bits per heavy atom. The van der Waals surface area contributed by atoms with Crippen LogP contribution in [0.3, 0.4) is 0 Å². The van der Waals surface area contributed by atoms with Crippen molar-refractivity contribution in [1.82, 2.24) is 10.3 Å². The molecule has 1 unspecified atom stereocenters. The monoisotopic (exact) mass is 281 g/mol. The van der Waals surface area contributed by atoms with Gasteiger partial charge in [0.2, 0.25) is 5.91 Å². The van der Waals surface area contributed by atoms with Crippen LogP contribution in [-0.4, -0.2) is 22.8 Å². The molecule has 104 valence electrons. The van der Waals surface area contributed by atoms with Gasteiger partial charge in [0.1, 0.15) is 5.69 Å². The Balaban J connectivity index is 2.00. The summed E-state index contributed by atoms with van der Waals surface area (Å²) in [4.78, 5) is 27.2. The van der Waals surface area contributed by atoms with Crippen LogP contribution in [0.15, 0.2) is 10.9 Å². The predicted molar refractivity (Wildman–Crippen MR) is 73.8 cm³/mol. The molecule has 0 spiro atoms. The van der Waals surface area contributed by atoms with Gasteiger partial charge in [-0.2, -0.15) is 0 Å². The number of nitrogens with zero attached hydrogens (tertiary/aromatic N) is 1. The van der Waals surface area contributed by atoms with Crippen molar-refractivity contribution in [2.45, 2.75) is 44.6 Å². The number of carbonyl (C=O) groups excluding carboxylic acids is 2. The van der Waals surface area contributed by atoms with Gasteiger partial charge in [-0.1, -0.05) is 19.3 Å². The molecule has 1 aromatic rings. The highest BCUT2D eigenvalue weighted by Crippen LogP contribution is 2.27. The van der Waals surface area contributed by atoms with Crippen LogP contribution >= 0.6 is 11.3 Å². The number of rotatable bonds is 5. The van der Waals surface area contributed by atoms with Crippen LogP contribution in [0.25, 0.3) is 0 Å². The molecule has 19 heavy (non-hydrogen) atoms. The molecule has 0 radical (unpaired) electrons. The largest absolute Gasteiger partial charge is 0.370 e. The summed E-state index contributed by atoms with van der Waals surface area (Å²) in [5, 5.41) is 4.63. The maximum atomic E-state index is 12.0. The summed E-state index contributed by atoms with van der Waals surface area (Å²) in [7, 11) is 0. The first-order valence-electron chi connectivity index (χ1n) is 6.64. The lowest BCUT2D eigenvalue weighted by Crippen LogP contribution is -2.43. The van der Waals surface area contributed by atoms with E-state index in [2.05, 4.69) is 10.3 Å². The first-order valence-corrected chi connectivity index (χ1v) is 7.58. The van der Waals surface area contributed by atoms with E-state index in [9.17, 15) is 9.59 Å². The molecule has 2 rings (SSSR count). The number of amides is 2. The zero-order chi connectivity index (χ0) is 13.7. The third kappa shape index (κ3) is 4.02. The van der Waals surface area contributed by atoms with Gasteiger partial charge < -0.3 is 11.1 Å². The molecular formula is C13H19N3O2S. The normalized spacial score (nSPS) is 17.9. The fourth-order valence-corrected chi connectivity index (χ4v) is 3.19. The molecule has 1 fully saturated rings. The van der Waals surface area contributed by atoms with Crippen molar-refractivity contribution in [3.8, 4) is 0 Å². The van der Waals surface area contributed by atoms with E-state index < -0.39 is 0 Å². The van der Waals surface area contributed by atoms with Crippen molar-refractivity contribution < 1.29 is 9.59 Å². The number of hydrogen-bond donors (Lipinski definition) is 2. The van der Waals surface area contributed by atoms with Gasteiger partial charge in [-0.05, 0) is 18.8 Å². The maximum Gasteiger partial charge on any atom is 0.270 e. The minimum atomic E-state index is -0.367. The Morgan fingerprint density at radius 2 is 2.16 bits per heavy atom. The van der Waals surface area contributed by atoms with E-state index in [1.165, 1.54) is 17.8 Å². The Morgan fingerprint density at radius 3 is 2.74 bits per heavy atom. The second-order valence-corrected chi connectivity index (χ2v) is 5.74. The van der Waals surface area contributed by atoms with Gasteiger partial charge in [0, 0.05) is 17.8 Å². The van der Waals surface area contributed by atoms with E-state index >= 15 is 0 Å². The van der Waals surface area contributed by atoms with Crippen molar-refractivity contribution >= 4 is 23.2 Å². The molecule has 1 atom stereocenters. The van der Waals surface area contributed by atoms with Gasteiger partial charge in [0.25, 0.3) is 5.91 Å². The number of nitrogens with one attached hydrogen (secondary N) is 1. The number of carbonyl (C=O) groups is 2. The first-order chi connectivity index (χ1) is 9.16. The second kappa shape index (κ2) is 6.65. The molecule has 0 bridgehead atoms. The van der Waals surface area contributed by atoms with Crippen molar-refractivity contribution in [1.29, 1.82) is 0 Å². The average molecular weight is 281 g/mol. The van der Waals surface area contributed by atoms with Crippen LogP contribution in [0.2, 0.25) is 0 Å². The van der Waals surface area contributed by atoms with Gasteiger partial charge in [-0.3, -0.25) is 9.59 Å². The standard InChI is InChI=1S/C13H19N3O2S/c14-12(17)6-10(9-4-2-1-3-5-9)16-13(18)11-7-19-8-15-11/h7-10H,1-6H2,(H2,14,17)(H,16,18). The smallest absolute Gasteiger partial charge is 0.270 e. The third-order valence-electron chi connectivity index (χ3n) is 3.62. The van der Waals surface area contributed by atoms with Crippen LogP contribution in [0.5, 0.6) is 0 Å². The van der Waals surface area contributed by atoms with E-state index in [0.29, 0.717) is 11.6 Å². The second-order valence-electron chi connectivity index (χ2n) is 5.02. The van der Waals surface area contributed by atoms with Gasteiger partial charge in [0.05, 0.1) is 5.51 Å². The molecule has 0 saturated heterocycles. The van der Waals surface area contributed by atoms with Crippen LogP contribution in [0, 0.1) is 5.92 Å². The highest BCUT2D eigenvalue weighted by molar-refractivity contribution is 7.07. The van der Waals surface area contributed by atoms with Gasteiger partial charge >= 0.3 is 0 Å². The van der Waals surface area contributed by atoms with E-state index in [-0.39, 0.29) is 24.3 Å².